The summed E-state index contributed by atoms with van der Waals surface area (Å²) in [6.45, 7) is 1.03. The van der Waals surface area contributed by atoms with Crippen LogP contribution in [-0.2, 0) is 29.3 Å². The SMILES string of the molecule is NC(=O)c1cn(Cc2ccc(COc3cccc4c3CN(C3CCC(=O)CC3=O)C4=O)cc2)nn1. The molecule has 1 aromatic heterocycles. The Morgan fingerprint density at radius 1 is 1.09 bits per heavy atom. The highest BCUT2D eigenvalue weighted by molar-refractivity contribution is 6.07. The van der Waals surface area contributed by atoms with E-state index in [1.807, 2.05) is 30.3 Å². The molecule has 2 N–H and O–H groups in total. The molecule has 1 saturated carbocycles. The normalized spacial score (nSPS) is 17.5. The highest BCUT2D eigenvalue weighted by Gasteiger charge is 2.39. The third kappa shape index (κ3) is 4.54. The lowest BCUT2D eigenvalue weighted by Crippen LogP contribution is -2.44. The molecule has 2 aliphatic rings. The van der Waals surface area contributed by atoms with E-state index < -0.39 is 11.9 Å². The lowest BCUT2D eigenvalue weighted by atomic mass is 9.92. The second-order valence-electron chi connectivity index (χ2n) is 8.72. The van der Waals surface area contributed by atoms with Crippen LogP contribution in [0, 0.1) is 0 Å². The number of ketones is 2. The lowest BCUT2D eigenvalue weighted by Gasteiger charge is -2.29. The van der Waals surface area contributed by atoms with E-state index in [9.17, 15) is 19.2 Å². The van der Waals surface area contributed by atoms with Crippen molar-refractivity contribution in [3.63, 3.8) is 0 Å². The van der Waals surface area contributed by atoms with E-state index in [-0.39, 0.29) is 29.6 Å². The zero-order valence-electron chi connectivity index (χ0n) is 18.8. The highest BCUT2D eigenvalue weighted by atomic mass is 16.5. The molecule has 0 saturated heterocycles. The minimum atomic E-state index is -0.624. The number of ether oxygens (including phenoxy) is 1. The van der Waals surface area contributed by atoms with Gasteiger partial charge in [0.2, 0.25) is 0 Å². The number of nitrogens with zero attached hydrogens (tertiary/aromatic N) is 4. The molecular weight excluding hydrogens is 450 g/mol. The molecule has 10 heteroatoms. The smallest absolute Gasteiger partial charge is 0.270 e. The Balaban J connectivity index is 1.24. The molecule has 10 nitrogen and oxygen atoms in total. The molecule has 1 unspecified atom stereocenters. The van der Waals surface area contributed by atoms with Crippen molar-refractivity contribution < 1.29 is 23.9 Å². The number of benzene rings is 2. The Bertz CT molecular complexity index is 1330. The first-order chi connectivity index (χ1) is 16.9. The zero-order valence-corrected chi connectivity index (χ0v) is 18.8. The average molecular weight is 473 g/mol. The number of nitrogens with two attached hydrogens (primary N) is 1. The monoisotopic (exact) mass is 473 g/mol. The van der Waals surface area contributed by atoms with Crippen LogP contribution < -0.4 is 10.5 Å². The molecule has 2 amide bonds. The van der Waals surface area contributed by atoms with Gasteiger partial charge in [0.05, 0.1) is 31.7 Å². The van der Waals surface area contributed by atoms with E-state index >= 15 is 0 Å². The summed E-state index contributed by atoms with van der Waals surface area (Å²) in [4.78, 5) is 49.7. The van der Waals surface area contributed by atoms with Crippen molar-refractivity contribution in [3.05, 3.63) is 76.6 Å². The second-order valence-corrected chi connectivity index (χ2v) is 8.72. The van der Waals surface area contributed by atoms with Crippen LogP contribution in [0.1, 0.15) is 56.8 Å². The second kappa shape index (κ2) is 9.13. The number of amides is 2. The van der Waals surface area contributed by atoms with E-state index in [0.717, 1.165) is 16.7 Å². The Hall–Kier alpha value is -4.34. The molecule has 35 heavy (non-hydrogen) atoms. The van der Waals surface area contributed by atoms with Gasteiger partial charge in [-0.15, -0.1) is 5.10 Å². The lowest BCUT2D eigenvalue weighted by molar-refractivity contribution is -0.133. The summed E-state index contributed by atoms with van der Waals surface area (Å²) >= 11 is 0. The maximum absolute atomic E-state index is 13.0. The Kier molecular flexibility index (Phi) is 5.86. The summed E-state index contributed by atoms with van der Waals surface area (Å²) in [6.07, 6.45) is 2.09. The molecule has 1 fully saturated rings. The predicted octanol–water partition coefficient (Wildman–Crippen LogP) is 1.65. The van der Waals surface area contributed by atoms with Crippen LogP contribution in [0.15, 0.2) is 48.7 Å². The molecule has 2 aromatic carbocycles. The van der Waals surface area contributed by atoms with Gasteiger partial charge in [-0.25, -0.2) is 4.68 Å². The van der Waals surface area contributed by atoms with Crippen LogP contribution in [0.3, 0.4) is 0 Å². The first kappa shape index (κ1) is 22.5. The van der Waals surface area contributed by atoms with Crippen molar-refractivity contribution in [2.24, 2.45) is 5.73 Å². The van der Waals surface area contributed by atoms with Gasteiger partial charge >= 0.3 is 0 Å². The molecule has 1 aliphatic heterocycles. The summed E-state index contributed by atoms with van der Waals surface area (Å²) in [5, 5.41) is 7.62. The fraction of sp³-hybridized carbons (Fsp3) is 0.280. The van der Waals surface area contributed by atoms with Crippen LogP contribution >= 0.6 is 0 Å². The van der Waals surface area contributed by atoms with Gasteiger partial charge in [-0.1, -0.05) is 35.5 Å². The molecule has 178 valence electrons. The summed E-state index contributed by atoms with van der Waals surface area (Å²) in [5.74, 6) is -0.483. The molecule has 1 atom stereocenters. The van der Waals surface area contributed by atoms with Gasteiger partial charge in [-0.2, -0.15) is 0 Å². The van der Waals surface area contributed by atoms with Gasteiger partial charge in [0, 0.05) is 17.5 Å². The summed E-state index contributed by atoms with van der Waals surface area (Å²) in [7, 11) is 0. The number of primary amides is 1. The quantitative estimate of drug-likeness (QED) is 0.515. The molecule has 0 bridgehead atoms. The van der Waals surface area contributed by atoms with Crippen molar-refractivity contribution in [2.45, 2.75) is 45.0 Å². The van der Waals surface area contributed by atoms with Crippen molar-refractivity contribution in [1.82, 2.24) is 19.9 Å². The van der Waals surface area contributed by atoms with Crippen LogP contribution in [-0.4, -0.2) is 49.3 Å². The summed E-state index contributed by atoms with van der Waals surface area (Å²) in [6, 6.07) is 12.5. The van der Waals surface area contributed by atoms with Crippen molar-refractivity contribution in [3.8, 4) is 5.75 Å². The topological polar surface area (TPSA) is 137 Å². The van der Waals surface area contributed by atoms with Crippen molar-refractivity contribution in [1.29, 1.82) is 0 Å². The number of hydrogen-bond donors (Lipinski definition) is 1. The Labute approximate surface area is 200 Å². The molecule has 0 spiro atoms. The van der Waals surface area contributed by atoms with Crippen LogP contribution in [0.2, 0.25) is 0 Å². The van der Waals surface area contributed by atoms with Gasteiger partial charge < -0.3 is 15.4 Å². The minimum Gasteiger partial charge on any atom is -0.489 e. The standard InChI is InChI=1S/C25H23N5O5/c26-24(33)20-13-29(28-27-20)11-15-4-6-16(7-5-15)14-35-23-3-1-2-18-19(23)12-30(25(18)34)21-9-8-17(31)10-22(21)32/h1-7,13,21H,8-12,14H2,(H2,26,33). The number of Topliss-reactive ketones (excluding diaryl/α,β-unsaturated/α-hetero) is 2. The van der Waals surface area contributed by atoms with Gasteiger partial charge in [0.25, 0.3) is 11.8 Å². The number of hydrogen-bond acceptors (Lipinski definition) is 7. The van der Waals surface area contributed by atoms with E-state index in [0.29, 0.717) is 43.9 Å². The van der Waals surface area contributed by atoms with E-state index in [1.54, 1.807) is 17.0 Å². The van der Waals surface area contributed by atoms with E-state index in [4.69, 9.17) is 10.5 Å². The van der Waals surface area contributed by atoms with E-state index in [2.05, 4.69) is 10.3 Å². The summed E-state index contributed by atoms with van der Waals surface area (Å²) in [5.41, 5.74) is 8.51. The third-order valence-corrected chi connectivity index (χ3v) is 6.32. The Morgan fingerprint density at radius 3 is 2.57 bits per heavy atom. The van der Waals surface area contributed by atoms with Crippen LogP contribution in [0.5, 0.6) is 5.75 Å². The van der Waals surface area contributed by atoms with E-state index in [1.165, 1.54) is 10.9 Å². The average Bonchev–Trinajstić information content (AvgIpc) is 3.44. The van der Waals surface area contributed by atoms with Gasteiger partial charge in [0.15, 0.2) is 11.5 Å². The third-order valence-electron chi connectivity index (χ3n) is 6.32. The maximum atomic E-state index is 13.0. The number of rotatable bonds is 7. The predicted molar refractivity (Wildman–Crippen MR) is 122 cm³/mol. The fourth-order valence-electron chi connectivity index (χ4n) is 4.48. The van der Waals surface area contributed by atoms with Crippen LogP contribution in [0.25, 0.3) is 0 Å². The number of carbonyl (C=O) groups excluding carboxylic acids is 4. The first-order valence-corrected chi connectivity index (χ1v) is 11.3. The molecule has 1 aliphatic carbocycles. The molecule has 2 heterocycles. The number of carbonyl (C=O) groups is 4. The first-order valence-electron chi connectivity index (χ1n) is 11.3. The molecule has 5 rings (SSSR count). The maximum Gasteiger partial charge on any atom is 0.270 e. The highest BCUT2D eigenvalue weighted by Crippen LogP contribution is 2.34. The zero-order chi connectivity index (χ0) is 24.5. The Morgan fingerprint density at radius 2 is 1.86 bits per heavy atom. The molecule has 3 aromatic rings. The van der Waals surface area contributed by atoms with Gasteiger partial charge in [-0.05, 0) is 29.7 Å². The number of aromatic nitrogens is 3. The van der Waals surface area contributed by atoms with Crippen molar-refractivity contribution >= 4 is 23.4 Å². The van der Waals surface area contributed by atoms with Crippen molar-refractivity contribution in [2.75, 3.05) is 0 Å². The fourth-order valence-corrected chi connectivity index (χ4v) is 4.48. The van der Waals surface area contributed by atoms with Gasteiger partial charge in [0.1, 0.15) is 18.1 Å². The number of fused-ring (bicyclic) bond motifs is 1. The van der Waals surface area contributed by atoms with Gasteiger partial charge in [-0.3, -0.25) is 19.2 Å². The molecule has 0 radical (unpaired) electrons. The largest absolute Gasteiger partial charge is 0.489 e. The summed E-state index contributed by atoms with van der Waals surface area (Å²) < 4.78 is 7.59. The minimum absolute atomic E-state index is 0.0675. The molecular formula is C25H23N5O5. The van der Waals surface area contributed by atoms with Crippen LogP contribution in [0.4, 0.5) is 0 Å².